The molecule has 0 bridgehead atoms. The Morgan fingerprint density at radius 2 is 1.88 bits per heavy atom. The second-order valence-corrected chi connectivity index (χ2v) is 6.59. The van der Waals surface area contributed by atoms with Gasteiger partial charge in [-0.25, -0.2) is 12.7 Å². The normalized spacial score (nSPS) is 14.2. The maximum Gasteiger partial charge on any atom is 0.211 e. The Labute approximate surface area is 107 Å². The Balaban J connectivity index is 3.69. The maximum absolute atomic E-state index is 11.3. The number of nitrogens with one attached hydrogen (secondary N) is 1. The average Bonchev–Trinajstić information content (AvgIpc) is 2.24. The first-order valence-corrected chi connectivity index (χ1v) is 8.45. The molecule has 0 aliphatic carbocycles. The summed E-state index contributed by atoms with van der Waals surface area (Å²) >= 11 is 0. The summed E-state index contributed by atoms with van der Waals surface area (Å²) in [6.07, 6.45) is 5.81. The van der Waals surface area contributed by atoms with Crippen LogP contribution in [0.4, 0.5) is 0 Å². The van der Waals surface area contributed by atoms with Crippen LogP contribution in [0.3, 0.4) is 0 Å². The van der Waals surface area contributed by atoms with Crippen molar-refractivity contribution in [1.29, 1.82) is 0 Å². The van der Waals surface area contributed by atoms with Crippen LogP contribution < -0.4 is 5.32 Å². The summed E-state index contributed by atoms with van der Waals surface area (Å²) in [4.78, 5) is 0. The summed E-state index contributed by atoms with van der Waals surface area (Å²) in [5.74, 6) is 0. The van der Waals surface area contributed by atoms with Crippen molar-refractivity contribution in [1.82, 2.24) is 9.62 Å². The molecule has 17 heavy (non-hydrogen) atoms. The summed E-state index contributed by atoms with van der Waals surface area (Å²) in [5.41, 5.74) is 0. The molecule has 104 valence electrons. The van der Waals surface area contributed by atoms with Crippen molar-refractivity contribution in [2.45, 2.75) is 52.5 Å². The quantitative estimate of drug-likeness (QED) is 0.612. The maximum atomic E-state index is 11.3. The van der Waals surface area contributed by atoms with Crippen LogP contribution in [0.15, 0.2) is 0 Å². The molecular weight excluding hydrogens is 236 g/mol. The number of sulfonamides is 1. The van der Waals surface area contributed by atoms with E-state index in [-0.39, 0.29) is 0 Å². The highest BCUT2D eigenvalue weighted by atomic mass is 32.2. The second kappa shape index (κ2) is 8.89. The monoisotopic (exact) mass is 264 g/mol. The molecule has 0 heterocycles. The van der Waals surface area contributed by atoms with Gasteiger partial charge in [0.25, 0.3) is 0 Å². The molecule has 0 saturated heterocycles. The fourth-order valence-corrected chi connectivity index (χ4v) is 2.70. The van der Waals surface area contributed by atoms with Crippen LogP contribution in [-0.4, -0.2) is 44.7 Å². The number of rotatable bonds is 10. The molecule has 0 spiro atoms. The van der Waals surface area contributed by atoms with E-state index in [1.807, 2.05) is 6.92 Å². The lowest BCUT2D eigenvalue weighted by Gasteiger charge is -2.19. The molecule has 0 fully saturated rings. The van der Waals surface area contributed by atoms with E-state index in [2.05, 4.69) is 19.2 Å². The van der Waals surface area contributed by atoms with E-state index in [0.29, 0.717) is 19.1 Å². The van der Waals surface area contributed by atoms with Crippen molar-refractivity contribution in [2.75, 3.05) is 25.9 Å². The van der Waals surface area contributed by atoms with Gasteiger partial charge in [0.15, 0.2) is 0 Å². The summed E-state index contributed by atoms with van der Waals surface area (Å²) in [6, 6.07) is 0.531. The number of hydrogen-bond acceptors (Lipinski definition) is 3. The van der Waals surface area contributed by atoms with Crippen molar-refractivity contribution in [3.05, 3.63) is 0 Å². The molecule has 0 aliphatic rings. The highest BCUT2D eigenvalue weighted by Gasteiger charge is 2.13. The van der Waals surface area contributed by atoms with E-state index in [1.54, 1.807) is 0 Å². The van der Waals surface area contributed by atoms with Gasteiger partial charge in [-0.3, -0.25) is 0 Å². The first kappa shape index (κ1) is 16.9. The van der Waals surface area contributed by atoms with E-state index in [1.165, 1.54) is 29.8 Å². The van der Waals surface area contributed by atoms with Gasteiger partial charge in [0.2, 0.25) is 10.0 Å². The third-order valence-corrected chi connectivity index (χ3v) is 4.27. The third kappa shape index (κ3) is 8.57. The van der Waals surface area contributed by atoms with E-state index in [4.69, 9.17) is 0 Å². The lowest BCUT2D eigenvalue weighted by Crippen LogP contribution is -2.34. The van der Waals surface area contributed by atoms with Gasteiger partial charge in [-0.05, 0) is 26.3 Å². The van der Waals surface area contributed by atoms with Crippen LogP contribution in [-0.2, 0) is 10.0 Å². The lowest BCUT2D eigenvalue weighted by atomic mass is 10.1. The smallest absolute Gasteiger partial charge is 0.211 e. The Bertz CT molecular complexity index is 278. The van der Waals surface area contributed by atoms with Crippen molar-refractivity contribution < 1.29 is 8.42 Å². The standard InChI is InChI=1S/C12H28N2O2S/c1-5-7-9-12(3)13-10-8-11-14(6-2)17(4,15)16/h12-13H,5-11H2,1-4H3. The highest BCUT2D eigenvalue weighted by molar-refractivity contribution is 7.88. The molecule has 0 rings (SSSR count). The summed E-state index contributed by atoms with van der Waals surface area (Å²) in [6.45, 7) is 8.31. The zero-order valence-corrected chi connectivity index (χ0v) is 12.5. The van der Waals surface area contributed by atoms with E-state index in [9.17, 15) is 8.42 Å². The first-order chi connectivity index (χ1) is 7.91. The fourth-order valence-electron chi connectivity index (χ4n) is 1.77. The molecule has 0 aromatic heterocycles. The van der Waals surface area contributed by atoms with Crippen LogP contribution in [0.2, 0.25) is 0 Å². The average molecular weight is 264 g/mol. The Hall–Kier alpha value is -0.130. The van der Waals surface area contributed by atoms with Crippen molar-refractivity contribution in [3.8, 4) is 0 Å². The van der Waals surface area contributed by atoms with Crippen LogP contribution in [0.5, 0.6) is 0 Å². The summed E-state index contributed by atoms with van der Waals surface area (Å²) in [7, 11) is -3.02. The molecule has 0 radical (unpaired) electrons. The number of hydrogen-bond donors (Lipinski definition) is 1. The molecule has 0 saturated carbocycles. The SMILES string of the molecule is CCCCC(C)NCCCN(CC)S(C)(=O)=O. The first-order valence-electron chi connectivity index (χ1n) is 6.60. The van der Waals surface area contributed by atoms with Crippen LogP contribution in [0, 0.1) is 0 Å². The van der Waals surface area contributed by atoms with E-state index in [0.717, 1.165) is 13.0 Å². The molecule has 0 aromatic carbocycles. The van der Waals surface area contributed by atoms with Crippen molar-refractivity contribution in [2.24, 2.45) is 0 Å². The molecule has 5 heteroatoms. The molecule has 0 aromatic rings. The molecule has 1 N–H and O–H groups in total. The van der Waals surface area contributed by atoms with Gasteiger partial charge in [-0.2, -0.15) is 0 Å². The minimum atomic E-state index is -3.02. The third-order valence-electron chi connectivity index (χ3n) is 2.89. The van der Waals surface area contributed by atoms with Gasteiger partial charge in [-0.1, -0.05) is 26.7 Å². The van der Waals surface area contributed by atoms with Crippen LogP contribution in [0.25, 0.3) is 0 Å². The van der Waals surface area contributed by atoms with Crippen molar-refractivity contribution in [3.63, 3.8) is 0 Å². The van der Waals surface area contributed by atoms with Gasteiger partial charge < -0.3 is 5.32 Å². The number of nitrogens with zero attached hydrogens (tertiary/aromatic N) is 1. The summed E-state index contributed by atoms with van der Waals surface area (Å²) in [5, 5.41) is 3.43. The number of unbranched alkanes of at least 4 members (excludes halogenated alkanes) is 1. The molecule has 1 atom stereocenters. The largest absolute Gasteiger partial charge is 0.314 e. The molecule has 0 amide bonds. The van der Waals surface area contributed by atoms with Gasteiger partial charge >= 0.3 is 0 Å². The summed E-state index contributed by atoms with van der Waals surface area (Å²) < 4.78 is 24.2. The zero-order valence-electron chi connectivity index (χ0n) is 11.7. The predicted molar refractivity (Wildman–Crippen MR) is 73.7 cm³/mol. The van der Waals surface area contributed by atoms with E-state index < -0.39 is 10.0 Å². The Morgan fingerprint density at radius 1 is 1.24 bits per heavy atom. The van der Waals surface area contributed by atoms with Gasteiger partial charge in [0, 0.05) is 19.1 Å². The Morgan fingerprint density at radius 3 is 2.35 bits per heavy atom. The topological polar surface area (TPSA) is 49.4 Å². The van der Waals surface area contributed by atoms with Crippen LogP contribution in [0.1, 0.15) is 46.5 Å². The van der Waals surface area contributed by atoms with Gasteiger partial charge in [0.1, 0.15) is 0 Å². The van der Waals surface area contributed by atoms with E-state index >= 15 is 0 Å². The van der Waals surface area contributed by atoms with Crippen LogP contribution >= 0.6 is 0 Å². The molecular formula is C12H28N2O2S. The second-order valence-electron chi connectivity index (χ2n) is 4.61. The molecule has 0 aliphatic heterocycles. The minimum absolute atomic E-state index is 0.531. The molecule has 1 unspecified atom stereocenters. The van der Waals surface area contributed by atoms with Gasteiger partial charge in [0.05, 0.1) is 6.26 Å². The minimum Gasteiger partial charge on any atom is -0.314 e. The van der Waals surface area contributed by atoms with Gasteiger partial charge in [-0.15, -0.1) is 0 Å². The lowest BCUT2D eigenvalue weighted by molar-refractivity contribution is 0.407. The van der Waals surface area contributed by atoms with Crippen molar-refractivity contribution >= 4 is 10.0 Å². The zero-order chi connectivity index (χ0) is 13.3. The Kier molecular flexibility index (Phi) is 8.82. The molecule has 4 nitrogen and oxygen atoms in total. The predicted octanol–water partition coefficient (Wildman–Crippen LogP) is 1.83. The fraction of sp³-hybridized carbons (Fsp3) is 1.00. The highest BCUT2D eigenvalue weighted by Crippen LogP contribution is 2.01.